The van der Waals surface area contributed by atoms with Gasteiger partial charge in [0.15, 0.2) is 0 Å². The lowest BCUT2D eigenvalue weighted by molar-refractivity contribution is -0.148. The van der Waals surface area contributed by atoms with Crippen LogP contribution in [-0.4, -0.2) is 41.9 Å². The molecule has 2 aliphatic rings. The van der Waals surface area contributed by atoms with Gasteiger partial charge >= 0.3 is 12.0 Å². The van der Waals surface area contributed by atoms with Crippen LogP contribution in [0.4, 0.5) is 4.79 Å². The van der Waals surface area contributed by atoms with Crippen molar-refractivity contribution in [2.45, 2.75) is 57.5 Å². The monoisotopic (exact) mass is 284 g/mol. The minimum atomic E-state index is -0.853. The molecule has 0 aromatic heterocycles. The van der Waals surface area contributed by atoms with Gasteiger partial charge in [0.2, 0.25) is 0 Å². The predicted molar refractivity (Wildman–Crippen MR) is 73.5 cm³/mol. The van der Waals surface area contributed by atoms with Gasteiger partial charge in [-0.2, -0.15) is 0 Å². The molecular weight excluding hydrogens is 260 g/mol. The molecule has 0 aromatic carbocycles. The molecule has 2 amide bonds. The van der Waals surface area contributed by atoms with Gasteiger partial charge in [0.1, 0.15) is 0 Å². The number of hydrogen-bond donors (Lipinski definition) is 3. The first-order chi connectivity index (χ1) is 9.36. The fraction of sp³-hybridized carbons (Fsp3) is 0.857. The number of aliphatic carboxylic acids is 1. The smallest absolute Gasteiger partial charge is 0.315 e. The Balaban J connectivity index is 1.92. The molecule has 1 aliphatic heterocycles. The van der Waals surface area contributed by atoms with E-state index in [1.165, 1.54) is 0 Å². The first-order valence-electron chi connectivity index (χ1n) is 7.26. The van der Waals surface area contributed by atoms with Gasteiger partial charge in [-0.15, -0.1) is 0 Å². The predicted octanol–water partition coefficient (Wildman–Crippen LogP) is 1.50. The molecule has 2 rings (SSSR count). The molecule has 0 spiro atoms. The largest absolute Gasteiger partial charge is 0.481 e. The number of carboxylic acids is 1. The van der Waals surface area contributed by atoms with Gasteiger partial charge in [-0.3, -0.25) is 4.79 Å². The number of carbonyl (C=O) groups is 2. The van der Waals surface area contributed by atoms with Crippen molar-refractivity contribution in [2.24, 2.45) is 5.41 Å². The van der Waals surface area contributed by atoms with Crippen molar-refractivity contribution in [1.82, 2.24) is 10.6 Å². The van der Waals surface area contributed by atoms with E-state index in [0.717, 1.165) is 25.7 Å². The van der Waals surface area contributed by atoms with Crippen molar-refractivity contribution < 1.29 is 19.4 Å². The van der Waals surface area contributed by atoms with Crippen LogP contribution in [0.1, 0.15) is 46.0 Å². The molecule has 20 heavy (non-hydrogen) atoms. The lowest BCUT2D eigenvalue weighted by Gasteiger charge is -2.36. The summed E-state index contributed by atoms with van der Waals surface area (Å²) in [6, 6.07) is -0.572. The zero-order valence-electron chi connectivity index (χ0n) is 12.2. The second kappa shape index (κ2) is 5.60. The summed E-state index contributed by atoms with van der Waals surface area (Å²) >= 11 is 0. The maximum Gasteiger partial charge on any atom is 0.315 e. The fourth-order valence-corrected chi connectivity index (χ4v) is 3.07. The van der Waals surface area contributed by atoms with Gasteiger partial charge in [-0.05, 0) is 39.5 Å². The van der Waals surface area contributed by atoms with E-state index in [0.29, 0.717) is 19.6 Å². The number of amides is 2. The Kier molecular flexibility index (Phi) is 4.22. The van der Waals surface area contributed by atoms with Crippen molar-refractivity contribution in [3.8, 4) is 0 Å². The van der Waals surface area contributed by atoms with Crippen molar-refractivity contribution in [3.05, 3.63) is 0 Å². The molecule has 2 fully saturated rings. The number of nitrogens with one attached hydrogen (secondary N) is 2. The molecule has 0 radical (unpaired) electrons. The van der Waals surface area contributed by atoms with Crippen LogP contribution in [0.2, 0.25) is 0 Å². The summed E-state index contributed by atoms with van der Waals surface area (Å²) in [6.07, 6.45) is 3.72. The fourth-order valence-electron chi connectivity index (χ4n) is 3.07. The minimum absolute atomic E-state index is 0.263. The van der Waals surface area contributed by atoms with E-state index in [2.05, 4.69) is 10.6 Å². The molecule has 6 nitrogen and oxygen atoms in total. The Morgan fingerprint density at radius 3 is 2.45 bits per heavy atom. The standard InChI is InChI=1S/C14H24N2O4/c1-13(6-8-20-9-7-13)16-12(19)15-10-4-3-5-14(10,2)11(17)18/h10H,3-9H2,1-2H3,(H,17,18)(H2,15,16,19). The highest BCUT2D eigenvalue weighted by molar-refractivity contribution is 5.79. The molecule has 2 unspecified atom stereocenters. The van der Waals surface area contributed by atoms with E-state index in [-0.39, 0.29) is 17.6 Å². The third kappa shape index (κ3) is 3.06. The van der Waals surface area contributed by atoms with Gasteiger partial charge in [-0.25, -0.2) is 4.79 Å². The molecule has 1 aliphatic carbocycles. The average molecular weight is 284 g/mol. The van der Waals surface area contributed by atoms with Gasteiger partial charge in [-0.1, -0.05) is 6.42 Å². The Bertz CT molecular complexity index is 393. The van der Waals surface area contributed by atoms with E-state index in [4.69, 9.17) is 4.74 Å². The summed E-state index contributed by atoms with van der Waals surface area (Å²) in [4.78, 5) is 23.5. The number of rotatable bonds is 3. The highest BCUT2D eigenvalue weighted by Gasteiger charge is 2.46. The van der Waals surface area contributed by atoms with Gasteiger partial charge in [0.25, 0.3) is 0 Å². The minimum Gasteiger partial charge on any atom is -0.481 e. The van der Waals surface area contributed by atoms with Crippen LogP contribution >= 0.6 is 0 Å². The van der Waals surface area contributed by atoms with Crippen molar-refractivity contribution in [1.29, 1.82) is 0 Å². The van der Waals surface area contributed by atoms with E-state index < -0.39 is 11.4 Å². The molecule has 2 atom stereocenters. The highest BCUT2D eigenvalue weighted by atomic mass is 16.5. The zero-order valence-corrected chi connectivity index (χ0v) is 12.2. The van der Waals surface area contributed by atoms with Gasteiger partial charge in [0.05, 0.1) is 5.41 Å². The summed E-state index contributed by atoms with van der Waals surface area (Å²) in [7, 11) is 0. The topological polar surface area (TPSA) is 87.7 Å². The quantitative estimate of drug-likeness (QED) is 0.733. The van der Waals surface area contributed by atoms with E-state index in [1.54, 1.807) is 6.92 Å². The highest BCUT2D eigenvalue weighted by Crippen LogP contribution is 2.38. The van der Waals surface area contributed by atoms with Crippen LogP contribution in [-0.2, 0) is 9.53 Å². The average Bonchev–Trinajstić information content (AvgIpc) is 2.72. The molecular formula is C14H24N2O4. The number of ether oxygens (including phenoxy) is 1. The summed E-state index contributed by atoms with van der Waals surface area (Å²) in [5.74, 6) is -0.836. The lowest BCUT2D eigenvalue weighted by atomic mass is 9.85. The summed E-state index contributed by atoms with van der Waals surface area (Å²) in [5.41, 5.74) is -1.12. The Morgan fingerprint density at radius 2 is 1.85 bits per heavy atom. The lowest BCUT2D eigenvalue weighted by Crippen LogP contribution is -2.57. The van der Waals surface area contributed by atoms with Crippen molar-refractivity contribution in [2.75, 3.05) is 13.2 Å². The van der Waals surface area contributed by atoms with E-state index in [9.17, 15) is 14.7 Å². The normalized spacial score (nSPS) is 32.6. The van der Waals surface area contributed by atoms with Gasteiger partial charge in [0, 0.05) is 24.8 Å². The van der Waals surface area contributed by atoms with Crippen LogP contribution in [0.25, 0.3) is 0 Å². The summed E-state index contributed by atoms with van der Waals surface area (Å²) < 4.78 is 5.30. The van der Waals surface area contributed by atoms with Gasteiger partial charge < -0.3 is 20.5 Å². The number of carboxylic acid groups (broad SMARTS) is 1. The first-order valence-corrected chi connectivity index (χ1v) is 7.26. The van der Waals surface area contributed by atoms with Crippen molar-refractivity contribution in [3.63, 3.8) is 0 Å². The third-order valence-corrected chi connectivity index (χ3v) is 4.76. The summed E-state index contributed by atoms with van der Waals surface area (Å²) in [6.45, 7) is 5.00. The molecule has 3 N–H and O–H groups in total. The van der Waals surface area contributed by atoms with E-state index >= 15 is 0 Å². The molecule has 1 saturated heterocycles. The second-order valence-corrected chi connectivity index (χ2v) is 6.44. The first kappa shape index (κ1) is 15.1. The molecule has 0 bridgehead atoms. The molecule has 0 aromatic rings. The third-order valence-electron chi connectivity index (χ3n) is 4.76. The molecule has 1 saturated carbocycles. The Morgan fingerprint density at radius 1 is 1.20 bits per heavy atom. The van der Waals surface area contributed by atoms with Crippen LogP contribution in [0.3, 0.4) is 0 Å². The maximum absolute atomic E-state index is 12.1. The van der Waals surface area contributed by atoms with Crippen LogP contribution in [0, 0.1) is 5.41 Å². The Hall–Kier alpha value is -1.30. The van der Waals surface area contributed by atoms with E-state index in [1.807, 2.05) is 6.92 Å². The van der Waals surface area contributed by atoms with Crippen LogP contribution in [0.5, 0.6) is 0 Å². The Labute approximate surface area is 119 Å². The molecule has 114 valence electrons. The van der Waals surface area contributed by atoms with Crippen LogP contribution in [0.15, 0.2) is 0 Å². The number of urea groups is 1. The maximum atomic E-state index is 12.1. The number of hydrogen-bond acceptors (Lipinski definition) is 3. The zero-order chi connectivity index (χ0) is 14.8. The molecule has 6 heteroatoms. The molecule has 1 heterocycles. The SMILES string of the molecule is CC1(NC(=O)NC2CCCC2(C)C(=O)O)CCOCC1. The van der Waals surface area contributed by atoms with Crippen LogP contribution < -0.4 is 10.6 Å². The second-order valence-electron chi connectivity index (χ2n) is 6.44. The number of carbonyl (C=O) groups excluding carboxylic acids is 1. The summed E-state index contributed by atoms with van der Waals surface area (Å²) in [5, 5.41) is 15.2. The van der Waals surface area contributed by atoms with Crippen molar-refractivity contribution >= 4 is 12.0 Å².